The quantitative estimate of drug-likeness (QED) is 0.551. The molecule has 0 unspecified atom stereocenters. The fourth-order valence-electron chi connectivity index (χ4n) is 2.67. The maximum atomic E-state index is 12.6. The first kappa shape index (κ1) is 19.9. The second-order valence-corrected chi connectivity index (χ2v) is 6.35. The summed E-state index contributed by atoms with van der Waals surface area (Å²) in [6.07, 6.45) is 2.61. The number of furan rings is 1. The van der Waals surface area contributed by atoms with Crippen LogP contribution in [0, 0.1) is 0 Å². The predicted molar refractivity (Wildman–Crippen MR) is 111 cm³/mol. The third-order valence-electron chi connectivity index (χ3n) is 4.01. The number of carbonyl (C=O) groups excluding carboxylic acids is 3. The van der Waals surface area contributed by atoms with E-state index in [0.29, 0.717) is 29.0 Å². The third-order valence-corrected chi connectivity index (χ3v) is 4.01. The number of hydrogen-bond acceptors (Lipinski definition) is 4. The Balaban J connectivity index is 1.66. The van der Waals surface area contributed by atoms with Gasteiger partial charge < -0.3 is 20.4 Å². The molecule has 0 saturated carbocycles. The minimum atomic E-state index is -0.400. The van der Waals surface area contributed by atoms with Crippen molar-refractivity contribution in [3.63, 3.8) is 0 Å². The Hall–Kier alpha value is -3.87. The number of carbonyl (C=O) groups is 3. The Morgan fingerprint density at radius 2 is 1.45 bits per heavy atom. The first-order valence-corrected chi connectivity index (χ1v) is 9.21. The molecule has 148 valence electrons. The highest BCUT2D eigenvalue weighted by Crippen LogP contribution is 2.18. The van der Waals surface area contributed by atoms with Gasteiger partial charge in [0.1, 0.15) is 0 Å². The van der Waals surface area contributed by atoms with E-state index in [4.69, 9.17) is 4.42 Å². The molecule has 0 aliphatic carbocycles. The molecule has 0 fully saturated rings. The molecule has 3 amide bonds. The number of anilines is 3. The molecule has 29 heavy (non-hydrogen) atoms. The van der Waals surface area contributed by atoms with Gasteiger partial charge in [0.2, 0.25) is 5.91 Å². The largest absolute Gasteiger partial charge is 0.459 e. The van der Waals surface area contributed by atoms with Crippen LogP contribution in [0.5, 0.6) is 0 Å². The van der Waals surface area contributed by atoms with Gasteiger partial charge in [-0.15, -0.1) is 0 Å². The lowest BCUT2D eigenvalue weighted by atomic mass is 10.1. The first-order chi connectivity index (χ1) is 14.0. The molecule has 3 rings (SSSR count). The van der Waals surface area contributed by atoms with Crippen LogP contribution in [0.15, 0.2) is 71.3 Å². The van der Waals surface area contributed by atoms with Gasteiger partial charge in [-0.3, -0.25) is 14.4 Å². The monoisotopic (exact) mass is 391 g/mol. The van der Waals surface area contributed by atoms with Crippen LogP contribution in [0.1, 0.15) is 40.7 Å². The Labute approximate surface area is 168 Å². The van der Waals surface area contributed by atoms with E-state index in [1.54, 1.807) is 60.7 Å². The number of hydrogen-bond donors (Lipinski definition) is 3. The van der Waals surface area contributed by atoms with Crippen LogP contribution in [-0.4, -0.2) is 17.7 Å². The lowest BCUT2D eigenvalue weighted by Crippen LogP contribution is -2.15. The van der Waals surface area contributed by atoms with Gasteiger partial charge in [-0.1, -0.05) is 19.1 Å². The van der Waals surface area contributed by atoms with Crippen LogP contribution >= 0.6 is 0 Å². The van der Waals surface area contributed by atoms with Crippen molar-refractivity contribution >= 4 is 34.8 Å². The summed E-state index contributed by atoms with van der Waals surface area (Å²) < 4.78 is 5.06. The average Bonchev–Trinajstić information content (AvgIpc) is 3.23. The Bertz CT molecular complexity index is 1010. The number of benzene rings is 2. The zero-order valence-electron chi connectivity index (χ0n) is 15.9. The van der Waals surface area contributed by atoms with Gasteiger partial charge in [0.25, 0.3) is 11.8 Å². The summed E-state index contributed by atoms with van der Waals surface area (Å²) >= 11 is 0. The van der Waals surface area contributed by atoms with Crippen molar-refractivity contribution in [1.82, 2.24) is 0 Å². The van der Waals surface area contributed by atoms with E-state index in [2.05, 4.69) is 16.0 Å². The lowest BCUT2D eigenvalue weighted by Gasteiger charge is -2.10. The predicted octanol–water partition coefficient (Wildman–Crippen LogP) is 4.52. The highest BCUT2D eigenvalue weighted by atomic mass is 16.3. The van der Waals surface area contributed by atoms with Crippen molar-refractivity contribution in [2.75, 3.05) is 16.0 Å². The average molecular weight is 391 g/mol. The lowest BCUT2D eigenvalue weighted by molar-refractivity contribution is -0.116. The molecule has 0 bridgehead atoms. The van der Waals surface area contributed by atoms with Crippen LogP contribution in [-0.2, 0) is 4.79 Å². The van der Waals surface area contributed by atoms with E-state index in [1.165, 1.54) is 6.26 Å². The summed E-state index contributed by atoms with van der Waals surface area (Å²) in [6.45, 7) is 1.93. The summed E-state index contributed by atoms with van der Waals surface area (Å²) in [4.78, 5) is 36.4. The standard InChI is InChI=1S/C22H21N3O4/c1-2-6-20(26)23-17-9-4-10-18(14-17)24-21(27)15-7-3-8-16(13-15)25-22(28)19-11-5-12-29-19/h3-5,7-14H,2,6H2,1H3,(H,23,26)(H,24,27)(H,25,28). The van der Waals surface area contributed by atoms with Gasteiger partial charge in [0.15, 0.2) is 5.76 Å². The molecule has 7 heteroatoms. The molecule has 0 atom stereocenters. The van der Waals surface area contributed by atoms with Crippen molar-refractivity contribution < 1.29 is 18.8 Å². The van der Waals surface area contributed by atoms with Gasteiger partial charge in [0, 0.05) is 29.0 Å². The van der Waals surface area contributed by atoms with Crippen LogP contribution in [0.25, 0.3) is 0 Å². The minimum absolute atomic E-state index is 0.0732. The third kappa shape index (κ3) is 5.55. The summed E-state index contributed by atoms with van der Waals surface area (Å²) in [7, 11) is 0. The molecule has 3 aromatic rings. The molecule has 3 N–H and O–H groups in total. The first-order valence-electron chi connectivity index (χ1n) is 9.21. The fourth-order valence-corrected chi connectivity index (χ4v) is 2.67. The second kappa shape index (κ2) is 9.36. The van der Waals surface area contributed by atoms with E-state index in [9.17, 15) is 14.4 Å². The zero-order chi connectivity index (χ0) is 20.6. The van der Waals surface area contributed by atoms with E-state index in [0.717, 1.165) is 6.42 Å². The van der Waals surface area contributed by atoms with Gasteiger partial charge in [-0.25, -0.2) is 0 Å². The van der Waals surface area contributed by atoms with Crippen molar-refractivity contribution in [3.05, 3.63) is 78.3 Å². The Morgan fingerprint density at radius 1 is 0.793 bits per heavy atom. The highest BCUT2D eigenvalue weighted by Gasteiger charge is 2.11. The van der Waals surface area contributed by atoms with Crippen molar-refractivity contribution in [2.45, 2.75) is 19.8 Å². The van der Waals surface area contributed by atoms with E-state index < -0.39 is 5.91 Å². The van der Waals surface area contributed by atoms with Gasteiger partial charge in [-0.2, -0.15) is 0 Å². The molecule has 1 heterocycles. The van der Waals surface area contributed by atoms with Crippen LogP contribution in [0.4, 0.5) is 17.1 Å². The van der Waals surface area contributed by atoms with Crippen LogP contribution in [0.3, 0.4) is 0 Å². The summed E-state index contributed by atoms with van der Waals surface area (Å²) in [5.74, 6) is -0.628. The van der Waals surface area contributed by atoms with Crippen LogP contribution < -0.4 is 16.0 Å². The minimum Gasteiger partial charge on any atom is -0.459 e. The van der Waals surface area contributed by atoms with Gasteiger partial charge >= 0.3 is 0 Å². The SMILES string of the molecule is CCCC(=O)Nc1cccc(NC(=O)c2cccc(NC(=O)c3ccco3)c2)c1. The number of rotatable bonds is 7. The summed E-state index contributed by atoms with van der Waals surface area (Å²) in [5.41, 5.74) is 2.01. The molecule has 0 radical (unpaired) electrons. The Morgan fingerprint density at radius 3 is 2.14 bits per heavy atom. The van der Waals surface area contributed by atoms with Crippen LogP contribution in [0.2, 0.25) is 0 Å². The number of nitrogens with one attached hydrogen (secondary N) is 3. The zero-order valence-corrected chi connectivity index (χ0v) is 15.9. The van der Waals surface area contributed by atoms with E-state index in [-0.39, 0.29) is 17.6 Å². The molecule has 2 aromatic carbocycles. The normalized spacial score (nSPS) is 10.2. The molecule has 0 aliphatic heterocycles. The fraction of sp³-hybridized carbons (Fsp3) is 0.136. The molecule has 1 aromatic heterocycles. The smallest absolute Gasteiger partial charge is 0.291 e. The topological polar surface area (TPSA) is 100 Å². The molecule has 0 saturated heterocycles. The summed E-state index contributed by atoms with van der Waals surface area (Å²) in [5, 5.41) is 8.27. The van der Waals surface area contributed by atoms with E-state index in [1.807, 2.05) is 6.92 Å². The molecular weight excluding hydrogens is 370 g/mol. The maximum Gasteiger partial charge on any atom is 0.291 e. The van der Waals surface area contributed by atoms with Crippen molar-refractivity contribution in [1.29, 1.82) is 0 Å². The molecule has 0 aliphatic rings. The van der Waals surface area contributed by atoms with E-state index >= 15 is 0 Å². The van der Waals surface area contributed by atoms with Crippen molar-refractivity contribution in [3.8, 4) is 0 Å². The molecule has 0 spiro atoms. The van der Waals surface area contributed by atoms with Gasteiger partial charge in [0.05, 0.1) is 6.26 Å². The maximum absolute atomic E-state index is 12.6. The summed E-state index contributed by atoms with van der Waals surface area (Å²) in [6, 6.07) is 16.7. The number of amides is 3. The molecule has 7 nitrogen and oxygen atoms in total. The van der Waals surface area contributed by atoms with Crippen molar-refractivity contribution in [2.24, 2.45) is 0 Å². The second-order valence-electron chi connectivity index (χ2n) is 6.35. The Kier molecular flexibility index (Phi) is 6.42. The highest BCUT2D eigenvalue weighted by molar-refractivity contribution is 6.07. The van der Waals surface area contributed by atoms with Gasteiger partial charge in [-0.05, 0) is 55.0 Å². The molecular formula is C22H21N3O4.